The fourth-order valence-electron chi connectivity index (χ4n) is 3.42. The molecule has 28 heavy (non-hydrogen) atoms. The summed E-state index contributed by atoms with van der Waals surface area (Å²) in [5.41, 5.74) is 3.35. The molecule has 0 amide bonds. The molecule has 1 aliphatic rings. The molecule has 4 nitrogen and oxygen atoms in total. The summed E-state index contributed by atoms with van der Waals surface area (Å²) in [6, 6.07) is 20.6. The normalized spacial score (nSPS) is 13.6. The summed E-state index contributed by atoms with van der Waals surface area (Å²) in [6.07, 6.45) is 4.76. The standard InChI is InChI=1S/C22H25N3O.2ClH/c1-3-9-19(10-4-1)18-26-22-21(20-11-5-2-6-12-20)17-25(23-22)16-15-24-13-7-8-14-24;;/h1-6,9-12,17H,7-8,13-16,18H2;2*1H. The number of aromatic nitrogens is 2. The molecule has 0 radical (unpaired) electrons. The molecule has 1 aliphatic heterocycles. The maximum atomic E-state index is 6.08. The number of nitrogens with zero attached hydrogens (tertiary/aromatic N) is 3. The number of hydrogen-bond donors (Lipinski definition) is 0. The molecule has 2 heterocycles. The van der Waals surface area contributed by atoms with Gasteiger partial charge in [-0.3, -0.25) is 4.68 Å². The van der Waals surface area contributed by atoms with Crippen LogP contribution in [0.3, 0.4) is 0 Å². The highest BCUT2D eigenvalue weighted by Crippen LogP contribution is 2.29. The largest absolute Gasteiger partial charge is 0.471 e. The molecular formula is C22H27Cl2N3O. The third kappa shape index (κ3) is 5.74. The van der Waals surface area contributed by atoms with E-state index in [-0.39, 0.29) is 24.8 Å². The van der Waals surface area contributed by atoms with Crippen molar-refractivity contribution in [3.63, 3.8) is 0 Å². The van der Waals surface area contributed by atoms with Gasteiger partial charge < -0.3 is 9.64 Å². The van der Waals surface area contributed by atoms with Crippen LogP contribution in [0.25, 0.3) is 11.1 Å². The number of hydrogen-bond acceptors (Lipinski definition) is 3. The molecule has 2 aromatic carbocycles. The Kier molecular flexibility index (Phi) is 8.84. The molecule has 0 spiro atoms. The van der Waals surface area contributed by atoms with Gasteiger partial charge in [0.1, 0.15) is 6.61 Å². The van der Waals surface area contributed by atoms with Crippen LogP contribution in [0, 0.1) is 0 Å². The second-order valence-corrected chi connectivity index (χ2v) is 6.80. The van der Waals surface area contributed by atoms with Gasteiger partial charge in [-0.1, -0.05) is 60.7 Å². The maximum absolute atomic E-state index is 6.08. The molecule has 1 fully saturated rings. The van der Waals surface area contributed by atoms with Crippen LogP contribution in [0.2, 0.25) is 0 Å². The third-order valence-corrected chi connectivity index (χ3v) is 4.87. The third-order valence-electron chi connectivity index (χ3n) is 4.87. The van der Waals surface area contributed by atoms with Gasteiger partial charge in [0.2, 0.25) is 5.88 Å². The van der Waals surface area contributed by atoms with Crippen LogP contribution in [0.4, 0.5) is 0 Å². The molecule has 0 N–H and O–H groups in total. The fraction of sp³-hybridized carbons (Fsp3) is 0.318. The summed E-state index contributed by atoms with van der Waals surface area (Å²) in [5.74, 6) is 0.710. The molecule has 0 aliphatic carbocycles. The Balaban J connectivity index is 0.00000140. The van der Waals surface area contributed by atoms with Gasteiger partial charge >= 0.3 is 0 Å². The summed E-state index contributed by atoms with van der Waals surface area (Å²) in [4.78, 5) is 2.51. The van der Waals surface area contributed by atoms with Crippen LogP contribution in [0.5, 0.6) is 5.88 Å². The number of halogens is 2. The lowest BCUT2D eigenvalue weighted by atomic mass is 10.1. The fourth-order valence-corrected chi connectivity index (χ4v) is 3.42. The zero-order valence-electron chi connectivity index (χ0n) is 15.9. The van der Waals surface area contributed by atoms with Gasteiger partial charge in [-0.15, -0.1) is 29.9 Å². The minimum atomic E-state index is 0. The van der Waals surface area contributed by atoms with E-state index in [4.69, 9.17) is 9.84 Å². The quantitative estimate of drug-likeness (QED) is 0.535. The average molecular weight is 420 g/mol. The molecule has 0 bridgehead atoms. The first-order chi connectivity index (χ1) is 12.9. The minimum absolute atomic E-state index is 0. The highest BCUT2D eigenvalue weighted by atomic mass is 35.5. The highest BCUT2D eigenvalue weighted by Gasteiger charge is 2.15. The molecule has 150 valence electrons. The molecule has 3 aromatic rings. The van der Waals surface area contributed by atoms with E-state index in [1.165, 1.54) is 25.9 Å². The minimum Gasteiger partial charge on any atom is -0.471 e. The number of benzene rings is 2. The molecule has 0 atom stereocenters. The summed E-state index contributed by atoms with van der Waals surface area (Å²) in [7, 11) is 0. The summed E-state index contributed by atoms with van der Waals surface area (Å²) in [5, 5.41) is 4.73. The van der Waals surface area contributed by atoms with E-state index in [2.05, 4.69) is 47.5 Å². The Morgan fingerprint density at radius 3 is 2.14 bits per heavy atom. The van der Waals surface area contributed by atoms with Crippen LogP contribution in [0.1, 0.15) is 18.4 Å². The van der Waals surface area contributed by atoms with E-state index in [1.54, 1.807) is 0 Å². The van der Waals surface area contributed by atoms with Crippen LogP contribution in [0.15, 0.2) is 66.9 Å². The number of ether oxygens (including phenoxy) is 1. The Bertz CT molecular complexity index is 818. The van der Waals surface area contributed by atoms with Crippen molar-refractivity contribution in [2.24, 2.45) is 0 Å². The van der Waals surface area contributed by atoms with Gasteiger partial charge in [0.05, 0.1) is 12.1 Å². The van der Waals surface area contributed by atoms with Gasteiger partial charge in [-0.05, 0) is 37.1 Å². The Morgan fingerprint density at radius 1 is 0.821 bits per heavy atom. The lowest BCUT2D eigenvalue weighted by molar-refractivity contribution is 0.283. The Hall–Kier alpha value is -2.01. The van der Waals surface area contributed by atoms with Crippen molar-refractivity contribution in [3.8, 4) is 17.0 Å². The van der Waals surface area contributed by atoms with Gasteiger partial charge in [0.15, 0.2) is 0 Å². The van der Waals surface area contributed by atoms with E-state index in [0.29, 0.717) is 12.5 Å². The predicted octanol–water partition coefficient (Wildman–Crippen LogP) is 5.07. The SMILES string of the molecule is Cl.Cl.c1ccc(COc2nn(CCN3CCCC3)cc2-c2ccccc2)cc1. The van der Waals surface area contributed by atoms with Gasteiger partial charge in [0, 0.05) is 12.7 Å². The van der Waals surface area contributed by atoms with E-state index in [1.807, 2.05) is 28.9 Å². The molecule has 4 rings (SSSR count). The molecule has 0 saturated carbocycles. The van der Waals surface area contributed by atoms with E-state index >= 15 is 0 Å². The first kappa shape index (κ1) is 22.3. The van der Waals surface area contributed by atoms with Gasteiger partial charge in [-0.25, -0.2) is 0 Å². The molecule has 0 unspecified atom stereocenters. The van der Waals surface area contributed by atoms with Crippen molar-refractivity contribution >= 4 is 24.8 Å². The first-order valence-corrected chi connectivity index (χ1v) is 9.40. The average Bonchev–Trinajstić information content (AvgIpc) is 3.36. The first-order valence-electron chi connectivity index (χ1n) is 9.40. The van der Waals surface area contributed by atoms with E-state index in [9.17, 15) is 0 Å². The second kappa shape index (κ2) is 11.1. The lowest BCUT2D eigenvalue weighted by Crippen LogP contribution is -2.24. The number of rotatable bonds is 7. The molecular weight excluding hydrogens is 393 g/mol. The monoisotopic (exact) mass is 419 g/mol. The van der Waals surface area contributed by atoms with Crippen LogP contribution >= 0.6 is 24.8 Å². The zero-order valence-corrected chi connectivity index (χ0v) is 17.5. The zero-order chi connectivity index (χ0) is 17.6. The Labute approximate surface area is 179 Å². The van der Waals surface area contributed by atoms with Crippen LogP contribution in [-0.4, -0.2) is 34.3 Å². The van der Waals surface area contributed by atoms with Crippen molar-refractivity contribution in [2.45, 2.75) is 26.0 Å². The van der Waals surface area contributed by atoms with Crippen molar-refractivity contribution in [2.75, 3.05) is 19.6 Å². The summed E-state index contributed by atoms with van der Waals surface area (Å²) < 4.78 is 8.11. The van der Waals surface area contributed by atoms with Crippen molar-refractivity contribution in [1.29, 1.82) is 0 Å². The lowest BCUT2D eigenvalue weighted by Gasteiger charge is -2.13. The van der Waals surface area contributed by atoms with E-state index < -0.39 is 0 Å². The Morgan fingerprint density at radius 2 is 1.46 bits per heavy atom. The van der Waals surface area contributed by atoms with Gasteiger partial charge in [0.25, 0.3) is 0 Å². The maximum Gasteiger partial charge on any atom is 0.241 e. The number of likely N-dealkylation sites (tertiary alicyclic amines) is 1. The molecule has 1 aromatic heterocycles. The predicted molar refractivity (Wildman–Crippen MR) is 119 cm³/mol. The van der Waals surface area contributed by atoms with E-state index in [0.717, 1.165) is 29.8 Å². The van der Waals surface area contributed by atoms with Crippen LogP contribution in [-0.2, 0) is 13.2 Å². The topological polar surface area (TPSA) is 30.3 Å². The van der Waals surface area contributed by atoms with Crippen molar-refractivity contribution in [1.82, 2.24) is 14.7 Å². The van der Waals surface area contributed by atoms with Crippen molar-refractivity contribution < 1.29 is 4.74 Å². The second-order valence-electron chi connectivity index (χ2n) is 6.80. The molecule has 6 heteroatoms. The van der Waals surface area contributed by atoms with Crippen LogP contribution < -0.4 is 4.74 Å². The summed E-state index contributed by atoms with van der Waals surface area (Å²) in [6.45, 7) is 4.90. The summed E-state index contributed by atoms with van der Waals surface area (Å²) >= 11 is 0. The van der Waals surface area contributed by atoms with Crippen molar-refractivity contribution in [3.05, 3.63) is 72.4 Å². The smallest absolute Gasteiger partial charge is 0.241 e. The highest BCUT2D eigenvalue weighted by molar-refractivity contribution is 5.85. The molecule has 1 saturated heterocycles. The van der Waals surface area contributed by atoms with Gasteiger partial charge in [-0.2, -0.15) is 0 Å².